The average molecular weight is 559 g/mol. The molecule has 0 amide bonds. The van der Waals surface area contributed by atoms with Crippen LogP contribution in [0.15, 0.2) is 23.0 Å². The summed E-state index contributed by atoms with van der Waals surface area (Å²) in [7, 11) is 1.16. The van der Waals surface area contributed by atoms with Gasteiger partial charge in [-0.1, -0.05) is 20.8 Å². The minimum absolute atomic E-state index is 0.0381. The van der Waals surface area contributed by atoms with Crippen LogP contribution in [0.1, 0.15) is 65.0 Å². The largest absolute Gasteiger partial charge is 0.472 e. The van der Waals surface area contributed by atoms with Crippen molar-refractivity contribution in [2.75, 3.05) is 7.11 Å². The smallest absolute Gasteiger partial charge is 0.335 e. The number of ether oxygens (including phenoxy) is 4. The molecule has 2 saturated heterocycles. The van der Waals surface area contributed by atoms with Crippen molar-refractivity contribution in [3.63, 3.8) is 0 Å². The first-order valence-corrected chi connectivity index (χ1v) is 13.8. The second-order valence-electron chi connectivity index (χ2n) is 13.5. The van der Waals surface area contributed by atoms with E-state index in [0.29, 0.717) is 18.4 Å². The summed E-state index contributed by atoms with van der Waals surface area (Å²) in [4.78, 5) is 53.2. The first-order valence-electron chi connectivity index (χ1n) is 13.8. The summed E-state index contributed by atoms with van der Waals surface area (Å²) in [5, 5.41) is 23.1. The second-order valence-corrected chi connectivity index (χ2v) is 13.5. The number of aliphatic hydroxyl groups excluding tert-OH is 2. The lowest BCUT2D eigenvalue weighted by atomic mass is 9.48. The molecule has 2 aliphatic heterocycles. The Kier molecular flexibility index (Phi) is 4.81. The van der Waals surface area contributed by atoms with Gasteiger partial charge in [-0.2, -0.15) is 0 Å². The zero-order valence-electron chi connectivity index (χ0n) is 23.1. The SMILES string of the molecule is COC(=O)[C@@H](O)[C@H]1[C@@]2(C)C[C@]3(OC(C)=O)[C@@H](C(=O)[C@H]2O)[C@]24O[C@]25CC(=O)O[C@@H](c2ccoc2)[C@]5(C)CC[C@@H]4[C@]13C. The van der Waals surface area contributed by atoms with Crippen LogP contribution >= 0.6 is 0 Å². The fourth-order valence-electron chi connectivity index (χ4n) is 11.0. The highest BCUT2D eigenvalue weighted by Gasteiger charge is 3.00. The number of hydrogen-bond acceptors (Lipinski definition) is 11. The Hall–Kier alpha value is -2.76. The standard InChI is InChI=1S/C29H34O11/c1-13(30)39-27-12-24(2)19(18(33)23(35)36-5)26(27,4)15-6-8-25(3)22(14-7-9-37-11-14)38-16(31)10-28(25)29(15,40-28)20(27)17(32)21(24)34/h7,9,11,15,18-22,33-34H,6,8,10,12H2,1-5H3/t15-,18+,19+,20-,21-,22+,24-,25+,26-,27+,28+,29+/m1/s1. The first kappa shape index (κ1) is 26.2. The van der Waals surface area contributed by atoms with Crippen molar-refractivity contribution in [3.8, 4) is 0 Å². The summed E-state index contributed by atoms with van der Waals surface area (Å²) in [5.74, 6) is -5.20. The van der Waals surface area contributed by atoms with E-state index in [-0.39, 0.29) is 12.8 Å². The maximum absolute atomic E-state index is 14.4. The number of carbonyl (C=O) groups excluding carboxylic acids is 4. The van der Waals surface area contributed by atoms with E-state index in [1.165, 1.54) is 19.5 Å². The van der Waals surface area contributed by atoms with E-state index in [1.54, 1.807) is 13.0 Å². The molecule has 4 aliphatic carbocycles. The number of fused-ring (bicyclic) bond motifs is 2. The highest BCUT2D eigenvalue weighted by Crippen LogP contribution is 2.89. The lowest BCUT2D eigenvalue weighted by molar-refractivity contribution is -0.186. The quantitative estimate of drug-likeness (QED) is 0.314. The zero-order valence-corrected chi connectivity index (χ0v) is 23.1. The van der Waals surface area contributed by atoms with Crippen molar-refractivity contribution in [2.24, 2.45) is 34.0 Å². The van der Waals surface area contributed by atoms with Crippen molar-refractivity contribution in [1.29, 1.82) is 0 Å². The molecule has 40 heavy (non-hydrogen) atoms. The van der Waals surface area contributed by atoms with Crippen molar-refractivity contribution in [1.82, 2.24) is 0 Å². The summed E-state index contributed by atoms with van der Waals surface area (Å²) in [6.07, 6.45) is -0.0452. The monoisotopic (exact) mass is 558 g/mol. The number of epoxide rings is 1. The van der Waals surface area contributed by atoms with Gasteiger partial charge in [0.15, 0.2) is 11.9 Å². The lowest BCUT2D eigenvalue weighted by Crippen LogP contribution is -2.64. The van der Waals surface area contributed by atoms with Gasteiger partial charge in [0.25, 0.3) is 0 Å². The molecule has 6 fully saturated rings. The number of esters is 3. The minimum atomic E-state index is -1.70. The fraction of sp³-hybridized carbons (Fsp3) is 0.724. The van der Waals surface area contributed by atoms with Gasteiger partial charge in [0.05, 0.1) is 32.0 Å². The van der Waals surface area contributed by atoms with E-state index in [2.05, 4.69) is 0 Å². The molecule has 2 N–H and O–H groups in total. The molecule has 6 aliphatic rings. The molecule has 7 rings (SSSR count). The highest BCUT2D eigenvalue weighted by molar-refractivity contribution is 5.94. The molecular formula is C29H34O11. The number of hydrogen-bond donors (Lipinski definition) is 2. The summed E-state index contributed by atoms with van der Waals surface area (Å²) >= 11 is 0. The lowest BCUT2D eigenvalue weighted by Gasteiger charge is -2.54. The van der Waals surface area contributed by atoms with Crippen LogP contribution in [0.2, 0.25) is 0 Å². The molecular weight excluding hydrogens is 524 g/mol. The Morgan fingerprint density at radius 1 is 1.20 bits per heavy atom. The molecule has 1 aromatic heterocycles. The third kappa shape index (κ3) is 2.40. The minimum Gasteiger partial charge on any atom is -0.472 e. The van der Waals surface area contributed by atoms with Crippen molar-refractivity contribution in [2.45, 2.75) is 88.5 Å². The first-order chi connectivity index (χ1) is 18.7. The third-order valence-electron chi connectivity index (χ3n) is 12.2. The molecule has 0 unspecified atom stereocenters. The van der Waals surface area contributed by atoms with E-state index < -0.39 is 92.8 Å². The molecule has 1 aromatic rings. The number of rotatable bonds is 4. The van der Waals surface area contributed by atoms with Crippen LogP contribution in [0.3, 0.4) is 0 Å². The molecule has 2 spiro atoms. The van der Waals surface area contributed by atoms with Crippen molar-refractivity contribution < 1.29 is 52.8 Å². The number of ketones is 1. The number of carbonyl (C=O) groups is 4. The number of Topliss-reactive ketones (excluding diaryl/α,β-unsaturated/α-hetero) is 1. The van der Waals surface area contributed by atoms with Gasteiger partial charge < -0.3 is 33.6 Å². The number of methoxy groups -OCH3 is 1. The van der Waals surface area contributed by atoms with Gasteiger partial charge in [-0.15, -0.1) is 0 Å². The topological polar surface area (TPSA) is 162 Å². The molecule has 4 saturated carbocycles. The number of aliphatic hydroxyl groups is 2. The van der Waals surface area contributed by atoms with Crippen LogP contribution in [-0.2, 0) is 38.1 Å². The van der Waals surface area contributed by atoms with Crippen LogP contribution in [0.5, 0.6) is 0 Å². The molecule has 11 heteroatoms. The number of furan rings is 1. The Morgan fingerprint density at radius 2 is 1.93 bits per heavy atom. The van der Waals surface area contributed by atoms with Crippen LogP contribution in [0.4, 0.5) is 0 Å². The van der Waals surface area contributed by atoms with Gasteiger partial charge in [0.2, 0.25) is 0 Å². The maximum atomic E-state index is 14.4. The van der Waals surface area contributed by atoms with E-state index in [0.717, 1.165) is 7.11 Å². The molecule has 3 heterocycles. The molecule has 0 aromatic carbocycles. The summed E-state index contributed by atoms with van der Waals surface area (Å²) < 4.78 is 29.2. The van der Waals surface area contributed by atoms with E-state index in [9.17, 15) is 29.4 Å². The van der Waals surface area contributed by atoms with Crippen molar-refractivity contribution in [3.05, 3.63) is 24.2 Å². The Balaban J connectivity index is 1.48. The molecule has 2 bridgehead atoms. The van der Waals surface area contributed by atoms with Gasteiger partial charge in [0, 0.05) is 40.6 Å². The number of cyclic esters (lactones) is 1. The average Bonchev–Trinajstić information content (AvgIpc) is 3.14. The third-order valence-corrected chi connectivity index (χ3v) is 12.2. The highest BCUT2D eigenvalue weighted by atomic mass is 16.7. The molecule has 11 nitrogen and oxygen atoms in total. The summed E-state index contributed by atoms with van der Waals surface area (Å²) in [6.45, 7) is 6.73. The summed E-state index contributed by atoms with van der Waals surface area (Å²) in [6, 6.07) is 1.73. The Labute approximate surface area is 230 Å². The Morgan fingerprint density at radius 3 is 2.55 bits per heavy atom. The van der Waals surface area contributed by atoms with Gasteiger partial charge in [-0.05, 0) is 25.3 Å². The zero-order chi connectivity index (χ0) is 28.8. The van der Waals surface area contributed by atoms with Gasteiger partial charge in [-0.3, -0.25) is 14.4 Å². The van der Waals surface area contributed by atoms with Gasteiger partial charge >= 0.3 is 17.9 Å². The van der Waals surface area contributed by atoms with Crippen molar-refractivity contribution >= 4 is 23.7 Å². The van der Waals surface area contributed by atoms with Crippen LogP contribution in [0, 0.1) is 34.0 Å². The van der Waals surface area contributed by atoms with E-state index >= 15 is 0 Å². The van der Waals surface area contributed by atoms with E-state index in [1.807, 2.05) is 13.8 Å². The van der Waals surface area contributed by atoms with Crippen LogP contribution < -0.4 is 0 Å². The molecule has 0 radical (unpaired) electrons. The van der Waals surface area contributed by atoms with Crippen LogP contribution in [0.25, 0.3) is 0 Å². The van der Waals surface area contributed by atoms with Gasteiger partial charge in [-0.25, -0.2) is 4.79 Å². The normalized spacial score (nSPS) is 52.1. The maximum Gasteiger partial charge on any atom is 0.335 e. The molecule has 12 atom stereocenters. The fourth-order valence-corrected chi connectivity index (χ4v) is 11.0. The van der Waals surface area contributed by atoms with Gasteiger partial charge in [0.1, 0.15) is 29.0 Å². The van der Waals surface area contributed by atoms with E-state index in [4.69, 9.17) is 23.4 Å². The van der Waals surface area contributed by atoms with Crippen LogP contribution in [-0.4, -0.2) is 70.0 Å². The molecule has 216 valence electrons. The predicted octanol–water partition coefficient (Wildman–Crippen LogP) is 1.63. The predicted molar refractivity (Wildman–Crippen MR) is 131 cm³/mol. The summed E-state index contributed by atoms with van der Waals surface area (Å²) in [5.41, 5.74) is -6.54. The Bertz CT molecular complexity index is 1360. The second kappa shape index (κ2) is 7.35.